The van der Waals surface area contributed by atoms with Crippen LogP contribution in [0.3, 0.4) is 0 Å². The summed E-state index contributed by atoms with van der Waals surface area (Å²) in [5.74, 6) is -0.231. The van der Waals surface area contributed by atoms with Crippen molar-refractivity contribution in [2.24, 2.45) is 7.05 Å². The van der Waals surface area contributed by atoms with Gasteiger partial charge >= 0.3 is 0 Å². The molecule has 0 saturated carbocycles. The molecule has 0 spiro atoms. The summed E-state index contributed by atoms with van der Waals surface area (Å²) in [7, 11) is 1.88. The Labute approximate surface area is 145 Å². The number of aromatic nitrogens is 2. The first-order valence-corrected chi connectivity index (χ1v) is 9.11. The molecular weight excluding hydrogens is 422 g/mol. The lowest BCUT2D eigenvalue weighted by Crippen LogP contribution is -2.34. The van der Waals surface area contributed by atoms with Gasteiger partial charge in [-0.25, -0.2) is 4.39 Å². The molecule has 2 nitrogen and oxygen atoms in total. The molecule has 0 bridgehead atoms. The second-order valence-corrected chi connectivity index (χ2v) is 6.70. The molecule has 0 N–H and O–H groups in total. The lowest BCUT2D eigenvalue weighted by molar-refractivity contribution is 0.517. The molecule has 21 heavy (non-hydrogen) atoms. The fourth-order valence-corrected chi connectivity index (χ4v) is 4.60. The van der Waals surface area contributed by atoms with Crippen molar-refractivity contribution < 1.29 is 4.39 Å². The average molecular weight is 439 g/mol. The second-order valence-electron chi connectivity index (χ2n) is 5.20. The zero-order valence-electron chi connectivity index (χ0n) is 11.8. The predicted molar refractivity (Wildman–Crippen MR) is 92.3 cm³/mol. The summed E-state index contributed by atoms with van der Waals surface area (Å²) in [5, 5.41) is 6.41. The number of halogens is 4. The first-order valence-electron chi connectivity index (χ1n) is 6.49. The summed E-state index contributed by atoms with van der Waals surface area (Å²) in [6.45, 7) is 1.89. The molecule has 1 aromatic carbocycles. The van der Waals surface area contributed by atoms with Crippen LogP contribution in [0.2, 0.25) is 5.02 Å². The Kier molecular flexibility index (Phi) is 5.49. The van der Waals surface area contributed by atoms with Crippen molar-refractivity contribution >= 4 is 43.5 Å². The standard InChI is InChI=1S/C15H16Br2ClFN2/c1-10-14(18)13(21(2)20-10)7-15(8-16,9-17)11-4-3-5-12(19)6-11/h3-6H,7-9H2,1-2H3. The first kappa shape index (κ1) is 17.0. The van der Waals surface area contributed by atoms with Crippen molar-refractivity contribution in [1.29, 1.82) is 0 Å². The van der Waals surface area contributed by atoms with E-state index < -0.39 is 0 Å². The highest BCUT2D eigenvalue weighted by atomic mass is 79.9. The van der Waals surface area contributed by atoms with E-state index in [1.165, 1.54) is 6.07 Å². The van der Waals surface area contributed by atoms with E-state index in [1.807, 2.05) is 20.0 Å². The van der Waals surface area contributed by atoms with Crippen molar-refractivity contribution in [3.8, 4) is 0 Å². The van der Waals surface area contributed by atoms with E-state index in [9.17, 15) is 4.39 Å². The molecule has 1 heterocycles. The fraction of sp³-hybridized carbons (Fsp3) is 0.400. The van der Waals surface area contributed by atoms with Crippen molar-refractivity contribution in [2.75, 3.05) is 10.7 Å². The van der Waals surface area contributed by atoms with E-state index in [0.29, 0.717) is 22.1 Å². The number of hydrogen-bond acceptors (Lipinski definition) is 1. The lowest BCUT2D eigenvalue weighted by Gasteiger charge is -2.31. The molecule has 0 unspecified atom stereocenters. The van der Waals surface area contributed by atoms with Crippen molar-refractivity contribution in [3.05, 3.63) is 52.1 Å². The summed E-state index contributed by atoms with van der Waals surface area (Å²) in [6.07, 6.45) is 0.670. The molecule has 0 fully saturated rings. The Balaban J connectivity index is 2.48. The molecule has 1 aromatic heterocycles. The summed E-state index contributed by atoms with van der Waals surface area (Å²) < 4.78 is 15.4. The molecule has 2 rings (SSSR count). The molecular formula is C15H16Br2ClFN2. The van der Waals surface area contributed by atoms with Crippen molar-refractivity contribution in [1.82, 2.24) is 9.78 Å². The Hall–Kier alpha value is -0.390. The van der Waals surface area contributed by atoms with E-state index >= 15 is 0 Å². The Morgan fingerprint density at radius 3 is 2.48 bits per heavy atom. The quantitative estimate of drug-likeness (QED) is 0.614. The minimum absolute atomic E-state index is 0.231. The summed E-state index contributed by atoms with van der Waals surface area (Å²) >= 11 is 13.5. The third kappa shape index (κ3) is 3.35. The van der Waals surface area contributed by atoms with Crippen molar-refractivity contribution in [2.45, 2.75) is 18.8 Å². The smallest absolute Gasteiger partial charge is 0.123 e. The SMILES string of the molecule is Cc1nn(C)c(CC(CBr)(CBr)c2cccc(F)c2)c1Cl. The number of rotatable bonds is 5. The largest absolute Gasteiger partial charge is 0.271 e. The zero-order valence-corrected chi connectivity index (χ0v) is 15.8. The highest BCUT2D eigenvalue weighted by Crippen LogP contribution is 2.35. The van der Waals surface area contributed by atoms with Crippen LogP contribution in [0.25, 0.3) is 0 Å². The number of nitrogens with zero attached hydrogens (tertiary/aromatic N) is 2. The summed E-state index contributed by atoms with van der Waals surface area (Å²) in [4.78, 5) is 0. The van der Waals surface area contributed by atoms with Gasteiger partial charge < -0.3 is 0 Å². The number of aryl methyl sites for hydroxylation is 2. The average Bonchev–Trinajstić information content (AvgIpc) is 2.70. The van der Waals surface area contributed by atoms with E-state index in [-0.39, 0.29) is 11.2 Å². The van der Waals surface area contributed by atoms with Crippen LogP contribution in [-0.2, 0) is 18.9 Å². The van der Waals surface area contributed by atoms with Gasteiger partial charge in [0.25, 0.3) is 0 Å². The Bertz CT molecular complexity index is 639. The van der Waals surface area contributed by atoms with Crippen LogP contribution >= 0.6 is 43.5 Å². The highest BCUT2D eigenvalue weighted by molar-refractivity contribution is 9.09. The molecule has 114 valence electrons. The van der Waals surface area contributed by atoms with Crippen LogP contribution in [0, 0.1) is 12.7 Å². The molecule has 6 heteroatoms. The molecule has 0 aliphatic carbocycles. The van der Waals surface area contributed by atoms with Gasteiger partial charge in [0.2, 0.25) is 0 Å². The minimum atomic E-state index is -0.286. The molecule has 0 saturated heterocycles. The zero-order chi connectivity index (χ0) is 15.6. The van der Waals surface area contributed by atoms with Gasteiger partial charge in [-0.05, 0) is 24.6 Å². The van der Waals surface area contributed by atoms with Crippen molar-refractivity contribution in [3.63, 3.8) is 0 Å². The molecule has 0 radical (unpaired) electrons. The normalized spacial score (nSPS) is 11.9. The fourth-order valence-electron chi connectivity index (χ4n) is 2.40. The van der Waals surface area contributed by atoms with Gasteiger partial charge in [-0.3, -0.25) is 4.68 Å². The second kappa shape index (κ2) is 6.80. The third-order valence-corrected chi connectivity index (χ3v) is 6.35. The number of alkyl halides is 2. The Morgan fingerprint density at radius 2 is 2.00 bits per heavy atom. The van der Waals surface area contributed by atoms with Crippen LogP contribution < -0.4 is 0 Å². The van der Waals surface area contributed by atoms with E-state index in [4.69, 9.17) is 11.6 Å². The highest BCUT2D eigenvalue weighted by Gasteiger charge is 2.33. The van der Waals surface area contributed by atoms with Crippen LogP contribution in [0.15, 0.2) is 24.3 Å². The third-order valence-electron chi connectivity index (χ3n) is 3.72. The van der Waals surface area contributed by atoms with Gasteiger partial charge in [0.15, 0.2) is 0 Å². The van der Waals surface area contributed by atoms with Crippen LogP contribution in [0.5, 0.6) is 0 Å². The number of hydrogen-bond donors (Lipinski definition) is 0. The van der Waals surface area contributed by atoms with E-state index in [1.54, 1.807) is 16.8 Å². The molecule has 0 amide bonds. The Morgan fingerprint density at radius 1 is 1.33 bits per heavy atom. The van der Waals surface area contributed by atoms with E-state index in [0.717, 1.165) is 17.0 Å². The minimum Gasteiger partial charge on any atom is -0.271 e. The summed E-state index contributed by atoms with van der Waals surface area (Å²) in [6, 6.07) is 6.72. The van der Waals surface area contributed by atoms with Gasteiger partial charge in [0.1, 0.15) is 5.82 Å². The van der Waals surface area contributed by atoms with Gasteiger partial charge in [-0.1, -0.05) is 55.6 Å². The summed E-state index contributed by atoms with van der Waals surface area (Å²) in [5.41, 5.74) is 2.42. The van der Waals surface area contributed by atoms with E-state index in [2.05, 4.69) is 37.0 Å². The molecule has 0 aliphatic heterocycles. The van der Waals surface area contributed by atoms with Crippen LogP contribution in [0.1, 0.15) is 17.0 Å². The topological polar surface area (TPSA) is 17.8 Å². The monoisotopic (exact) mass is 436 g/mol. The maximum Gasteiger partial charge on any atom is 0.123 e. The van der Waals surface area contributed by atoms with Gasteiger partial charge in [-0.15, -0.1) is 0 Å². The molecule has 2 aromatic rings. The van der Waals surface area contributed by atoms with Gasteiger partial charge in [0.05, 0.1) is 16.4 Å². The lowest BCUT2D eigenvalue weighted by atomic mass is 9.80. The predicted octanol–water partition coefficient (Wildman–Crippen LogP) is 4.79. The first-order chi connectivity index (χ1) is 9.93. The molecule has 0 aliphatic rings. The van der Waals surface area contributed by atoms with Crippen LogP contribution in [0.4, 0.5) is 4.39 Å². The van der Waals surface area contributed by atoms with Gasteiger partial charge in [-0.2, -0.15) is 5.10 Å². The van der Waals surface area contributed by atoms with Gasteiger partial charge in [0, 0.05) is 29.5 Å². The maximum absolute atomic E-state index is 13.6. The van der Waals surface area contributed by atoms with Crippen LogP contribution in [-0.4, -0.2) is 20.4 Å². The maximum atomic E-state index is 13.6. The molecule has 0 atom stereocenters. The number of benzene rings is 1.